The van der Waals surface area contributed by atoms with Gasteiger partial charge in [-0.3, -0.25) is 9.69 Å². The van der Waals surface area contributed by atoms with E-state index >= 15 is 0 Å². The molecule has 4 nitrogen and oxygen atoms in total. The fourth-order valence-corrected chi connectivity index (χ4v) is 1.85. The van der Waals surface area contributed by atoms with Crippen molar-refractivity contribution in [1.82, 2.24) is 9.88 Å². The highest BCUT2D eigenvalue weighted by atomic mass is 16.5. The summed E-state index contributed by atoms with van der Waals surface area (Å²) in [4.78, 5) is 17.7. The molecule has 0 aliphatic carbocycles. The number of carbonyl (C=O) groups is 1. The molecular formula is C12H16N2O2. The SMILES string of the molecule is COc1cccc(CN2CCC(=O)CC2)n1. The average molecular weight is 220 g/mol. The quantitative estimate of drug-likeness (QED) is 0.769. The highest BCUT2D eigenvalue weighted by molar-refractivity contribution is 5.79. The number of carbonyl (C=O) groups excluding carboxylic acids is 1. The first-order valence-corrected chi connectivity index (χ1v) is 5.52. The van der Waals surface area contributed by atoms with Crippen molar-refractivity contribution in [1.29, 1.82) is 0 Å². The summed E-state index contributed by atoms with van der Waals surface area (Å²) in [5, 5.41) is 0. The number of ether oxygens (including phenoxy) is 1. The number of rotatable bonds is 3. The molecule has 0 unspecified atom stereocenters. The van der Waals surface area contributed by atoms with Crippen LogP contribution in [0.15, 0.2) is 18.2 Å². The highest BCUT2D eigenvalue weighted by Gasteiger charge is 2.16. The lowest BCUT2D eigenvalue weighted by atomic mass is 10.1. The fraction of sp³-hybridized carbons (Fsp3) is 0.500. The molecule has 2 heterocycles. The van der Waals surface area contributed by atoms with Crippen molar-refractivity contribution < 1.29 is 9.53 Å². The third-order valence-corrected chi connectivity index (χ3v) is 2.79. The second-order valence-corrected chi connectivity index (χ2v) is 3.99. The average Bonchev–Trinajstić information content (AvgIpc) is 2.32. The van der Waals surface area contributed by atoms with Gasteiger partial charge in [0, 0.05) is 38.5 Å². The molecule has 1 fully saturated rings. The predicted molar refractivity (Wildman–Crippen MR) is 60.3 cm³/mol. The van der Waals surface area contributed by atoms with Crippen LogP contribution in [0.3, 0.4) is 0 Å². The molecule has 1 aliphatic heterocycles. The van der Waals surface area contributed by atoms with Gasteiger partial charge in [-0.1, -0.05) is 6.07 Å². The zero-order chi connectivity index (χ0) is 11.4. The van der Waals surface area contributed by atoms with Gasteiger partial charge in [-0.15, -0.1) is 0 Å². The van der Waals surface area contributed by atoms with Crippen LogP contribution in [-0.4, -0.2) is 35.9 Å². The van der Waals surface area contributed by atoms with Crippen LogP contribution in [0.4, 0.5) is 0 Å². The van der Waals surface area contributed by atoms with Crippen molar-refractivity contribution >= 4 is 5.78 Å². The second kappa shape index (κ2) is 5.07. The number of ketones is 1. The molecule has 0 N–H and O–H groups in total. The van der Waals surface area contributed by atoms with E-state index in [4.69, 9.17) is 4.74 Å². The first-order chi connectivity index (χ1) is 7.78. The standard InChI is InChI=1S/C12H16N2O2/c1-16-12-4-2-3-10(13-12)9-14-7-5-11(15)6-8-14/h2-4H,5-9H2,1H3. The van der Waals surface area contributed by atoms with Crippen LogP contribution in [-0.2, 0) is 11.3 Å². The molecule has 0 bridgehead atoms. The Labute approximate surface area is 95.2 Å². The van der Waals surface area contributed by atoms with Crippen molar-refractivity contribution in [2.75, 3.05) is 20.2 Å². The molecule has 0 radical (unpaired) electrons. The topological polar surface area (TPSA) is 42.4 Å². The number of Topliss-reactive ketones (excluding diaryl/α,β-unsaturated/α-hetero) is 1. The summed E-state index contributed by atoms with van der Waals surface area (Å²) in [6.45, 7) is 2.49. The molecule has 2 rings (SSSR count). The number of piperidine rings is 1. The Kier molecular flexibility index (Phi) is 3.51. The zero-order valence-corrected chi connectivity index (χ0v) is 9.48. The molecule has 0 aromatic carbocycles. The van der Waals surface area contributed by atoms with Gasteiger partial charge in [0.2, 0.25) is 5.88 Å². The first kappa shape index (κ1) is 11.1. The molecule has 1 aromatic heterocycles. The van der Waals surface area contributed by atoms with Crippen molar-refractivity contribution in [2.24, 2.45) is 0 Å². The summed E-state index contributed by atoms with van der Waals surface area (Å²) in [5.41, 5.74) is 0.994. The van der Waals surface area contributed by atoms with Crippen molar-refractivity contribution in [3.05, 3.63) is 23.9 Å². The van der Waals surface area contributed by atoms with E-state index in [1.54, 1.807) is 7.11 Å². The van der Waals surface area contributed by atoms with E-state index < -0.39 is 0 Å². The summed E-state index contributed by atoms with van der Waals surface area (Å²) < 4.78 is 5.08. The molecule has 0 atom stereocenters. The van der Waals surface area contributed by atoms with Crippen molar-refractivity contribution in [3.63, 3.8) is 0 Å². The number of nitrogens with zero attached hydrogens (tertiary/aromatic N) is 2. The van der Waals surface area contributed by atoms with E-state index in [2.05, 4.69) is 9.88 Å². The lowest BCUT2D eigenvalue weighted by Gasteiger charge is -2.25. The van der Waals surface area contributed by atoms with Crippen LogP contribution in [0.5, 0.6) is 5.88 Å². The van der Waals surface area contributed by atoms with Gasteiger partial charge < -0.3 is 4.74 Å². The molecule has 0 amide bonds. The Morgan fingerprint density at radius 2 is 2.12 bits per heavy atom. The molecule has 1 saturated heterocycles. The third-order valence-electron chi connectivity index (χ3n) is 2.79. The van der Waals surface area contributed by atoms with Crippen LogP contribution >= 0.6 is 0 Å². The Morgan fingerprint density at radius 1 is 1.38 bits per heavy atom. The molecule has 1 aliphatic rings. The zero-order valence-electron chi connectivity index (χ0n) is 9.48. The molecule has 86 valence electrons. The monoisotopic (exact) mass is 220 g/mol. The Bertz CT molecular complexity index is 369. The smallest absolute Gasteiger partial charge is 0.213 e. The number of aromatic nitrogens is 1. The number of methoxy groups -OCH3 is 1. The third kappa shape index (κ3) is 2.79. The van der Waals surface area contributed by atoms with E-state index in [9.17, 15) is 4.79 Å². The Hall–Kier alpha value is -1.42. The van der Waals surface area contributed by atoms with E-state index in [1.807, 2.05) is 18.2 Å². The Balaban J connectivity index is 1.95. The second-order valence-electron chi connectivity index (χ2n) is 3.99. The highest BCUT2D eigenvalue weighted by Crippen LogP contribution is 2.12. The van der Waals surface area contributed by atoms with E-state index in [-0.39, 0.29) is 0 Å². The lowest BCUT2D eigenvalue weighted by molar-refractivity contribution is -0.121. The predicted octanol–water partition coefficient (Wildman–Crippen LogP) is 1.26. The largest absolute Gasteiger partial charge is 0.481 e. The normalized spacial score (nSPS) is 17.4. The van der Waals surface area contributed by atoms with E-state index in [1.165, 1.54) is 0 Å². The minimum absolute atomic E-state index is 0.370. The number of pyridine rings is 1. The van der Waals surface area contributed by atoms with E-state index in [0.717, 1.165) is 25.3 Å². The van der Waals surface area contributed by atoms with Gasteiger partial charge in [0.05, 0.1) is 12.8 Å². The number of likely N-dealkylation sites (tertiary alicyclic amines) is 1. The van der Waals surface area contributed by atoms with E-state index in [0.29, 0.717) is 24.5 Å². The molecule has 4 heteroatoms. The molecule has 1 aromatic rings. The summed E-state index contributed by atoms with van der Waals surface area (Å²) >= 11 is 0. The molecule has 0 spiro atoms. The summed E-state index contributed by atoms with van der Waals surface area (Å²) in [6, 6.07) is 5.76. The molecule has 16 heavy (non-hydrogen) atoms. The van der Waals surface area contributed by atoms with Crippen molar-refractivity contribution in [2.45, 2.75) is 19.4 Å². The van der Waals surface area contributed by atoms with Gasteiger partial charge in [-0.25, -0.2) is 4.98 Å². The maximum absolute atomic E-state index is 11.1. The van der Waals surface area contributed by atoms with Crippen LogP contribution in [0.1, 0.15) is 18.5 Å². The molecule has 0 saturated carbocycles. The summed E-state index contributed by atoms with van der Waals surface area (Å²) in [6.07, 6.45) is 1.34. The van der Waals surface area contributed by atoms with Gasteiger partial charge >= 0.3 is 0 Å². The van der Waals surface area contributed by atoms with Crippen LogP contribution < -0.4 is 4.74 Å². The van der Waals surface area contributed by atoms with Gasteiger partial charge in [-0.05, 0) is 6.07 Å². The maximum atomic E-state index is 11.1. The first-order valence-electron chi connectivity index (χ1n) is 5.52. The fourth-order valence-electron chi connectivity index (χ4n) is 1.85. The van der Waals surface area contributed by atoms with Gasteiger partial charge in [-0.2, -0.15) is 0 Å². The molecular weight excluding hydrogens is 204 g/mol. The summed E-state index contributed by atoms with van der Waals surface area (Å²) in [5.74, 6) is 1.01. The van der Waals surface area contributed by atoms with Gasteiger partial charge in [0.15, 0.2) is 0 Å². The number of hydrogen-bond donors (Lipinski definition) is 0. The lowest BCUT2D eigenvalue weighted by Crippen LogP contribution is -2.33. The minimum Gasteiger partial charge on any atom is -0.481 e. The van der Waals surface area contributed by atoms with Gasteiger partial charge in [0.25, 0.3) is 0 Å². The number of hydrogen-bond acceptors (Lipinski definition) is 4. The summed E-state index contributed by atoms with van der Waals surface area (Å²) in [7, 11) is 1.62. The Morgan fingerprint density at radius 3 is 2.81 bits per heavy atom. The van der Waals surface area contributed by atoms with Crippen LogP contribution in [0.2, 0.25) is 0 Å². The van der Waals surface area contributed by atoms with Crippen molar-refractivity contribution in [3.8, 4) is 5.88 Å². The van der Waals surface area contributed by atoms with Crippen LogP contribution in [0, 0.1) is 0 Å². The maximum Gasteiger partial charge on any atom is 0.213 e. The van der Waals surface area contributed by atoms with Crippen LogP contribution in [0.25, 0.3) is 0 Å². The minimum atomic E-state index is 0.370. The van der Waals surface area contributed by atoms with Gasteiger partial charge in [0.1, 0.15) is 5.78 Å².